The van der Waals surface area contributed by atoms with E-state index in [9.17, 15) is 0 Å². The minimum Gasteiger partial charge on any atom is -0.242 e. The molecule has 0 aliphatic heterocycles. The first-order valence-corrected chi connectivity index (χ1v) is 8.77. The fraction of sp³-hybridized carbons (Fsp3) is 0.455. The van der Waals surface area contributed by atoms with Crippen LogP contribution in [0.1, 0.15) is 73.8 Å². The third-order valence-corrected chi connectivity index (χ3v) is 6.35. The third kappa shape index (κ3) is 1.83. The molecule has 0 amide bonds. The molecule has 0 radical (unpaired) electrons. The Balaban J connectivity index is 1.98. The van der Waals surface area contributed by atoms with E-state index in [0.717, 1.165) is 6.42 Å². The summed E-state index contributed by atoms with van der Waals surface area (Å²) < 4.78 is 16.3. The Bertz CT molecular complexity index is 771. The van der Waals surface area contributed by atoms with Gasteiger partial charge in [0.15, 0.2) is 0 Å². The maximum absolute atomic E-state index is 16.3. The predicted molar refractivity (Wildman–Crippen MR) is 94.0 cm³/mol. The van der Waals surface area contributed by atoms with Crippen molar-refractivity contribution < 1.29 is 4.39 Å². The second kappa shape index (κ2) is 4.69. The van der Waals surface area contributed by atoms with Crippen LogP contribution in [0.4, 0.5) is 4.39 Å². The first kappa shape index (κ1) is 14.9. The number of rotatable bonds is 1. The molecular weight excluding hydrogens is 283 g/mol. The van der Waals surface area contributed by atoms with Gasteiger partial charge < -0.3 is 0 Å². The monoisotopic (exact) mass is 308 g/mol. The van der Waals surface area contributed by atoms with Gasteiger partial charge in [-0.3, -0.25) is 0 Å². The summed E-state index contributed by atoms with van der Waals surface area (Å²) in [6, 6.07) is 15.1. The smallest absolute Gasteiger partial charge is 0.131 e. The molecule has 0 N–H and O–H groups in total. The van der Waals surface area contributed by atoms with Crippen LogP contribution < -0.4 is 0 Å². The predicted octanol–water partition coefficient (Wildman–Crippen LogP) is 5.89. The molecule has 2 atom stereocenters. The molecule has 2 aromatic rings. The fourth-order valence-corrected chi connectivity index (χ4v) is 4.81. The van der Waals surface area contributed by atoms with Gasteiger partial charge in [-0.15, -0.1) is 0 Å². The highest BCUT2D eigenvalue weighted by Crippen LogP contribution is 2.61. The molecule has 2 aliphatic carbocycles. The minimum absolute atomic E-state index is 0.115. The highest BCUT2D eigenvalue weighted by molar-refractivity contribution is 5.56. The van der Waals surface area contributed by atoms with Gasteiger partial charge in [0.05, 0.1) is 0 Å². The Morgan fingerprint density at radius 1 is 1.04 bits per heavy atom. The van der Waals surface area contributed by atoms with Gasteiger partial charge in [0.25, 0.3) is 0 Å². The van der Waals surface area contributed by atoms with E-state index >= 15 is 4.39 Å². The number of hydrogen-bond donors (Lipinski definition) is 0. The van der Waals surface area contributed by atoms with E-state index in [2.05, 4.69) is 64.1 Å². The van der Waals surface area contributed by atoms with E-state index in [1.807, 2.05) is 6.07 Å². The van der Waals surface area contributed by atoms with Crippen molar-refractivity contribution in [2.24, 2.45) is 0 Å². The lowest BCUT2D eigenvalue weighted by Gasteiger charge is -2.42. The summed E-state index contributed by atoms with van der Waals surface area (Å²) in [7, 11) is 0. The zero-order chi connectivity index (χ0) is 16.4. The molecule has 0 saturated heterocycles. The molecule has 0 unspecified atom stereocenters. The van der Waals surface area contributed by atoms with Crippen LogP contribution in [0.15, 0.2) is 42.5 Å². The molecule has 0 bridgehead atoms. The summed E-state index contributed by atoms with van der Waals surface area (Å²) in [6.45, 7) is 8.59. The largest absolute Gasteiger partial charge is 0.242 e. The molecule has 0 nitrogen and oxygen atoms in total. The maximum atomic E-state index is 16.3. The van der Waals surface area contributed by atoms with Crippen molar-refractivity contribution in [1.82, 2.24) is 0 Å². The lowest BCUT2D eigenvalue weighted by atomic mass is 9.65. The van der Waals surface area contributed by atoms with Crippen LogP contribution in [0, 0.1) is 0 Å². The third-order valence-electron chi connectivity index (χ3n) is 6.35. The minimum atomic E-state index is -1.18. The molecule has 120 valence electrons. The van der Waals surface area contributed by atoms with Gasteiger partial charge in [-0.25, -0.2) is 4.39 Å². The van der Waals surface area contributed by atoms with Crippen LogP contribution in [0.25, 0.3) is 0 Å². The summed E-state index contributed by atoms with van der Waals surface area (Å²) in [5, 5.41) is 0. The molecule has 4 rings (SSSR count). The molecule has 2 aromatic carbocycles. The molecule has 23 heavy (non-hydrogen) atoms. The SMILES string of the molecule is CC(C)c1ccc2c(c1)[C@@H]1c3ccccc3C(C)(C)[C@]1(F)CC2. The normalized spacial score (nSPS) is 27.5. The number of alkyl halides is 1. The van der Waals surface area contributed by atoms with Crippen LogP contribution >= 0.6 is 0 Å². The van der Waals surface area contributed by atoms with Gasteiger partial charge in [-0.05, 0) is 46.6 Å². The van der Waals surface area contributed by atoms with E-state index in [0.29, 0.717) is 12.3 Å². The second-order valence-electron chi connectivity index (χ2n) is 8.12. The highest BCUT2D eigenvalue weighted by Gasteiger charge is 2.60. The van der Waals surface area contributed by atoms with E-state index in [4.69, 9.17) is 0 Å². The van der Waals surface area contributed by atoms with Crippen LogP contribution in [0.2, 0.25) is 0 Å². The lowest BCUT2D eigenvalue weighted by molar-refractivity contribution is 0.0551. The second-order valence-corrected chi connectivity index (χ2v) is 8.12. The Morgan fingerprint density at radius 2 is 1.78 bits per heavy atom. The van der Waals surface area contributed by atoms with Gasteiger partial charge >= 0.3 is 0 Å². The highest BCUT2D eigenvalue weighted by atomic mass is 19.1. The van der Waals surface area contributed by atoms with Gasteiger partial charge in [-0.1, -0.05) is 70.2 Å². The summed E-state index contributed by atoms with van der Waals surface area (Å²) in [5.41, 5.74) is 4.65. The van der Waals surface area contributed by atoms with Crippen molar-refractivity contribution >= 4 is 0 Å². The summed E-state index contributed by atoms with van der Waals surface area (Å²) in [6.07, 6.45) is 1.46. The van der Waals surface area contributed by atoms with Gasteiger partial charge in [0.2, 0.25) is 0 Å². The van der Waals surface area contributed by atoms with Crippen LogP contribution in [-0.2, 0) is 11.8 Å². The topological polar surface area (TPSA) is 0 Å². The summed E-state index contributed by atoms with van der Waals surface area (Å²) in [4.78, 5) is 0. The van der Waals surface area contributed by atoms with Crippen LogP contribution in [0.5, 0.6) is 0 Å². The maximum Gasteiger partial charge on any atom is 0.131 e. The first-order chi connectivity index (χ1) is 10.9. The van der Waals surface area contributed by atoms with Crippen LogP contribution in [0.3, 0.4) is 0 Å². The van der Waals surface area contributed by atoms with Crippen molar-refractivity contribution in [2.75, 3.05) is 0 Å². The number of hydrogen-bond acceptors (Lipinski definition) is 0. The van der Waals surface area contributed by atoms with Crippen LogP contribution in [-0.4, -0.2) is 5.67 Å². The Morgan fingerprint density at radius 3 is 2.52 bits per heavy atom. The molecule has 1 heteroatoms. The Labute approximate surface area is 138 Å². The Kier molecular flexibility index (Phi) is 3.04. The molecule has 0 heterocycles. The van der Waals surface area contributed by atoms with Crippen molar-refractivity contribution in [3.05, 3.63) is 70.3 Å². The first-order valence-electron chi connectivity index (χ1n) is 8.77. The molecule has 0 fully saturated rings. The quantitative estimate of drug-likeness (QED) is 0.616. The average Bonchev–Trinajstić information content (AvgIpc) is 2.71. The zero-order valence-electron chi connectivity index (χ0n) is 14.5. The van der Waals surface area contributed by atoms with E-state index in [1.165, 1.54) is 27.8 Å². The van der Waals surface area contributed by atoms with E-state index in [1.54, 1.807) is 0 Å². The molecule has 0 aromatic heterocycles. The molecular formula is C22H25F. The average molecular weight is 308 g/mol. The molecule has 0 saturated carbocycles. The fourth-order valence-electron chi connectivity index (χ4n) is 4.81. The van der Waals surface area contributed by atoms with Gasteiger partial charge in [0, 0.05) is 11.3 Å². The molecule has 0 spiro atoms. The van der Waals surface area contributed by atoms with Crippen molar-refractivity contribution in [3.63, 3.8) is 0 Å². The number of aryl methyl sites for hydroxylation is 1. The number of fused-ring (bicyclic) bond motifs is 5. The Hall–Kier alpha value is -1.63. The van der Waals surface area contributed by atoms with Crippen molar-refractivity contribution in [1.29, 1.82) is 0 Å². The van der Waals surface area contributed by atoms with Gasteiger partial charge in [0.1, 0.15) is 5.67 Å². The van der Waals surface area contributed by atoms with E-state index < -0.39 is 11.1 Å². The van der Waals surface area contributed by atoms with Gasteiger partial charge in [-0.2, -0.15) is 0 Å². The number of benzene rings is 2. The van der Waals surface area contributed by atoms with E-state index in [-0.39, 0.29) is 5.92 Å². The molecule has 2 aliphatic rings. The lowest BCUT2D eigenvalue weighted by Crippen LogP contribution is -2.46. The summed E-state index contributed by atoms with van der Waals surface area (Å²) >= 11 is 0. The standard InChI is InChI=1S/C22H25F/c1-14(2)16-10-9-15-11-12-22(23)20(18(15)13-16)17-7-5-6-8-19(17)21(22,3)4/h5-10,13-14,20H,11-12H2,1-4H3/t20-,22-/m0/s1. The number of halogens is 1. The summed E-state index contributed by atoms with van der Waals surface area (Å²) in [5.74, 6) is 0.358. The van der Waals surface area contributed by atoms with Crippen molar-refractivity contribution in [3.8, 4) is 0 Å². The van der Waals surface area contributed by atoms with Crippen molar-refractivity contribution in [2.45, 2.75) is 63.5 Å². The zero-order valence-corrected chi connectivity index (χ0v) is 14.5.